The highest BCUT2D eigenvalue weighted by atomic mass is 19.4. The van der Waals surface area contributed by atoms with E-state index in [1.165, 1.54) is 19.2 Å². The zero-order chi connectivity index (χ0) is 22.9. The van der Waals surface area contributed by atoms with Crippen LogP contribution in [0.1, 0.15) is 11.1 Å². The van der Waals surface area contributed by atoms with Crippen molar-refractivity contribution in [2.75, 3.05) is 49.7 Å². The topological polar surface area (TPSA) is 44.8 Å². The van der Waals surface area contributed by atoms with E-state index in [0.29, 0.717) is 49.7 Å². The SMILES string of the molecule is COCCNC(=O)[C@H]1Cc2cc(C(F)(F)F)ccc2N2CCN(c3ccccc3F)C[C@@H]12. The number of nitrogens with one attached hydrogen (secondary N) is 1. The summed E-state index contributed by atoms with van der Waals surface area (Å²) in [5, 5.41) is 2.82. The molecule has 2 aliphatic heterocycles. The maximum atomic E-state index is 14.4. The van der Waals surface area contributed by atoms with Gasteiger partial charge in [-0.05, 0) is 42.3 Å². The molecular weight excluding hydrogens is 426 g/mol. The average molecular weight is 451 g/mol. The van der Waals surface area contributed by atoms with Gasteiger partial charge < -0.3 is 19.9 Å². The van der Waals surface area contributed by atoms with Gasteiger partial charge in [-0.15, -0.1) is 0 Å². The summed E-state index contributed by atoms with van der Waals surface area (Å²) in [4.78, 5) is 16.9. The molecule has 2 aliphatic rings. The van der Waals surface area contributed by atoms with Crippen LogP contribution in [0.15, 0.2) is 42.5 Å². The van der Waals surface area contributed by atoms with Crippen molar-refractivity contribution in [3.8, 4) is 0 Å². The van der Waals surface area contributed by atoms with Crippen LogP contribution in [-0.4, -0.2) is 51.8 Å². The zero-order valence-corrected chi connectivity index (χ0v) is 17.7. The summed E-state index contributed by atoms with van der Waals surface area (Å²) in [7, 11) is 1.52. The minimum Gasteiger partial charge on any atom is -0.383 e. The van der Waals surface area contributed by atoms with Crippen molar-refractivity contribution in [2.45, 2.75) is 18.6 Å². The summed E-state index contributed by atoms with van der Waals surface area (Å²) in [6, 6.07) is 9.89. The molecule has 1 N–H and O–H groups in total. The van der Waals surface area contributed by atoms with Crippen molar-refractivity contribution in [3.63, 3.8) is 0 Å². The molecule has 0 aliphatic carbocycles. The molecule has 0 unspecified atom stereocenters. The van der Waals surface area contributed by atoms with E-state index in [1.807, 2.05) is 9.80 Å². The van der Waals surface area contributed by atoms with Gasteiger partial charge in [0.25, 0.3) is 0 Å². The van der Waals surface area contributed by atoms with Crippen molar-refractivity contribution in [3.05, 3.63) is 59.4 Å². The molecule has 1 fully saturated rings. The molecule has 0 radical (unpaired) electrons. The van der Waals surface area contributed by atoms with Crippen LogP contribution in [0.5, 0.6) is 0 Å². The number of piperazine rings is 1. The Morgan fingerprint density at radius 1 is 1.16 bits per heavy atom. The van der Waals surface area contributed by atoms with Crippen LogP contribution < -0.4 is 15.1 Å². The van der Waals surface area contributed by atoms with Crippen LogP contribution in [-0.2, 0) is 22.1 Å². The van der Waals surface area contributed by atoms with Gasteiger partial charge in [0.2, 0.25) is 5.91 Å². The van der Waals surface area contributed by atoms with Crippen molar-refractivity contribution >= 4 is 17.3 Å². The van der Waals surface area contributed by atoms with Crippen LogP contribution in [0.25, 0.3) is 0 Å². The number of alkyl halides is 3. The minimum absolute atomic E-state index is 0.185. The lowest BCUT2D eigenvalue weighted by Gasteiger charge is -2.49. The fourth-order valence-corrected chi connectivity index (χ4v) is 4.63. The van der Waals surface area contributed by atoms with Crippen molar-refractivity contribution < 1.29 is 27.1 Å². The largest absolute Gasteiger partial charge is 0.416 e. The lowest BCUT2D eigenvalue weighted by molar-refractivity contribution is -0.137. The quantitative estimate of drug-likeness (QED) is 0.559. The second-order valence-electron chi connectivity index (χ2n) is 8.09. The van der Waals surface area contributed by atoms with Gasteiger partial charge in [-0.3, -0.25) is 4.79 Å². The second-order valence-corrected chi connectivity index (χ2v) is 8.09. The van der Waals surface area contributed by atoms with Crippen molar-refractivity contribution in [2.24, 2.45) is 5.92 Å². The van der Waals surface area contributed by atoms with Crippen molar-refractivity contribution in [1.29, 1.82) is 0 Å². The van der Waals surface area contributed by atoms with Crippen LogP contribution >= 0.6 is 0 Å². The number of amides is 1. The third-order valence-corrected chi connectivity index (χ3v) is 6.17. The van der Waals surface area contributed by atoms with Gasteiger partial charge in [0.1, 0.15) is 5.82 Å². The molecule has 2 atom stereocenters. The molecule has 1 saturated heterocycles. The number of hydrogen-bond acceptors (Lipinski definition) is 4. The summed E-state index contributed by atoms with van der Waals surface area (Å²) >= 11 is 0. The van der Waals surface area contributed by atoms with E-state index >= 15 is 0 Å². The predicted octanol–water partition coefficient (Wildman–Crippen LogP) is 3.47. The molecular formula is C23H25F4N3O2. The van der Waals surface area contributed by atoms with E-state index in [1.54, 1.807) is 18.2 Å². The second kappa shape index (κ2) is 8.97. The Labute approximate surface area is 183 Å². The molecule has 0 spiro atoms. The summed E-state index contributed by atoms with van der Waals surface area (Å²) in [5.41, 5.74) is 0.946. The van der Waals surface area contributed by atoms with Gasteiger partial charge >= 0.3 is 6.18 Å². The number of carbonyl (C=O) groups is 1. The van der Waals surface area contributed by atoms with E-state index < -0.39 is 17.7 Å². The number of nitrogens with zero attached hydrogens (tertiary/aromatic N) is 2. The Bertz CT molecular complexity index is 982. The maximum Gasteiger partial charge on any atom is 0.416 e. The van der Waals surface area contributed by atoms with Gasteiger partial charge in [0.05, 0.1) is 29.8 Å². The first kappa shape index (κ1) is 22.4. The molecule has 172 valence electrons. The first-order chi connectivity index (χ1) is 15.3. The standard InChI is InChI=1S/C23H25F4N3O2/c1-32-11-8-28-22(31)17-13-15-12-16(23(25,26)27)6-7-19(15)30-10-9-29(14-21(17)30)20-5-3-2-4-18(20)24/h2-7,12,17,21H,8-11,13-14H2,1H3,(H,28,31)/t17-,21-/m0/s1. The van der Waals surface area contributed by atoms with Gasteiger partial charge in [-0.2, -0.15) is 13.2 Å². The lowest BCUT2D eigenvalue weighted by Crippen LogP contribution is -2.61. The highest BCUT2D eigenvalue weighted by Crippen LogP contribution is 2.40. The Balaban J connectivity index is 1.66. The molecule has 9 heteroatoms. The summed E-state index contributed by atoms with van der Waals surface area (Å²) < 4.78 is 59.2. The number of benzene rings is 2. The Morgan fingerprint density at radius 3 is 2.66 bits per heavy atom. The average Bonchev–Trinajstić information content (AvgIpc) is 2.77. The van der Waals surface area contributed by atoms with E-state index in [2.05, 4.69) is 5.32 Å². The van der Waals surface area contributed by atoms with Crippen LogP contribution in [0.4, 0.5) is 28.9 Å². The third kappa shape index (κ3) is 4.39. The molecule has 2 heterocycles. The number of rotatable bonds is 5. The first-order valence-electron chi connectivity index (χ1n) is 10.5. The Morgan fingerprint density at radius 2 is 1.94 bits per heavy atom. The van der Waals surface area contributed by atoms with E-state index in [-0.39, 0.29) is 24.2 Å². The third-order valence-electron chi connectivity index (χ3n) is 6.17. The monoisotopic (exact) mass is 451 g/mol. The van der Waals surface area contributed by atoms with Crippen LogP contribution in [0.3, 0.4) is 0 Å². The highest BCUT2D eigenvalue weighted by molar-refractivity contribution is 5.82. The van der Waals surface area contributed by atoms with Gasteiger partial charge in [-0.1, -0.05) is 12.1 Å². The molecule has 5 nitrogen and oxygen atoms in total. The van der Waals surface area contributed by atoms with Gasteiger partial charge in [0, 0.05) is 39.0 Å². The Hall–Kier alpha value is -2.81. The molecule has 4 rings (SSSR count). The lowest BCUT2D eigenvalue weighted by atomic mass is 9.82. The number of ether oxygens (including phenoxy) is 1. The van der Waals surface area contributed by atoms with Crippen LogP contribution in [0, 0.1) is 11.7 Å². The highest BCUT2D eigenvalue weighted by Gasteiger charge is 2.43. The minimum atomic E-state index is -4.45. The van der Waals surface area contributed by atoms with Gasteiger partial charge in [0.15, 0.2) is 0 Å². The number of methoxy groups -OCH3 is 1. The number of fused-ring (bicyclic) bond motifs is 3. The molecule has 0 bridgehead atoms. The molecule has 32 heavy (non-hydrogen) atoms. The molecule has 0 saturated carbocycles. The maximum absolute atomic E-state index is 14.4. The van der Waals surface area contributed by atoms with E-state index in [9.17, 15) is 22.4 Å². The molecule has 2 aromatic rings. The fraction of sp³-hybridized carbons (Fsp3) is 0.435. The van der Waals surface area contributed by atoms with E-state index in [4.69, 9.17) is 4.74 Å². The molecule has 1 amide bonds. The molecule has 2 aromatic carbocycles. The Kier molecular flexibility index (Phi) is 6.28. The summed E-state index contributed by atoms with van der Waals surface area (Å²) in [6.07, 6.45) is -4.27. The number of para-hydroxylation sites is 1. The predicted molar refractivity (Wildman–Crippen MR) is 113 cm³/mol. The summed E-state index contributed by atoms with van der Waals surface area (Å²) in [5.74, 6) is -1.15. The van der Waals surface area contributed by atoms with E-state index in [0.717, 1.165) is 12.1 Å². The fourth-order valence-electron chi connectivity index (χ4n) is 4.63. The van der Waals surface area contributed by atoms with Crippen LogP contribution in [0.2, 0.25) is 0 Å². The number of halogens is 4. The number of hydrogen-bond donors (Lipinski definition) is 1. The molecule has 0 aromatic heterocycles. The van der Waals surface area contributed by atoms with Crippen molar-refractivity contribution in [1.82, 2.24) is 5.32 Å². The number of carbonyl (C=O) groups excluding carboxylic acids is 1. The normalized spacial score (nSPS) is 20.5. The number of anilines is 2. The summed E-state index contributed by atoms with van der Waals surface area (Å²) in [6.45, 7) is 2.01. The smallest absolute Gasteiger partial charge is 0.383 e. The zero-order valence-electron chi connectivity index (χ0n) is 17.7. The first-order valence-corrected chi connectivity index (χ1v) is 10.5. The van der Waals surface area contributed by atoms with Gasteiger partial charge in [-0.25, -0.2) is 4.39 Å².